The lowest BCUT2D eigenvalue weighted by atomic mass is 10.0. The minimum atomic E-state index is -3.63. The molecule has 0 amide bonds. The molecule has 0 saturated carbocycles. The Morgan fingerprint density at radius 1 is 1.30 bits per heavy atom. The Balaban J connectivity index is 2.93. The molecule has 0 spiro atoms. The number of hydrogen-bond donors (Lipinski definition) is 1. The number of aryl methyl sites for hydroxylation is 1. The molecule has 1 rings (SSSR count). The summed E-state index contributed by atoms with van der Waals surface area (Å²) in [6, 6.07) is 6.08. The summed E-state index contributed by atoms with van der Waals surface area (Å²) in [5, 5.41) is 0. The number of benzene rings is 1. The van der Waals surface area contributed by atoms with E-state index < -0.39 is 28.0 Å². The average molecular weight is 299 g/mol. The third-order valence-electron chi connectivity index (χ3n) is 3.25. The lowest BCUT2D eigenvalue weighted by molar-refractivity contribution is -0.145. The van der Waals surface area contributed by atoms with Gasteiger partial charge in [0.05, 0.1) is 17.9 Å². The zero-order valence-electron chi connectivity index (χ0n) is 12.2. The molecule has 2 atom stereocenters. The van der Waals surface area contributed by atoms with Crippen LogP contribution in [0.4, 0.5) is 0 Å². The zero-order chi connectivity index (χ0) is 15.3. The summed E-state index contributed by atoms with van der Waals surface area (Å²) in [6.07, 6.45) is 0.501. The minimum absolute atomic E-state index is 0.193. The SMILES string of the molecule is CC[C@H](NS(=O)(=O)c1ccc(C)cc1)[C@@H](C)C(=O)OC. The van der Waals surface area contributed by atoms with Crippen LogP contribution in [-0.2, 0) is 19.6 Å². The van der Waals surface area contributed by atoms with Crippen LogP contribution in [0.15, 0.2) is 29.2 Å². The Labute approximate surface area is 120 Å². The maximum Gasteiger partial charge on any atom is 0.309 e. The molecule has 0 saturated heterocycles. The highest BCUT2D eigenvalue weighted by atomic mass is 32.2. The van der Waals surface area contributed by atoms with Crippen molar-refractivity contribution in [2.45, 2.75) is 38.1 Å². The number of sulfonamides is 1. The van der Waals surface area contributed by atoms with E-state index in [0.717, 1.165) is 5.56 Å². The molecule has 112 valence electrons. The Hall–Kier alpha value is -1.40. The molecular weight excluding hydrogens is 278 g/mol. The average Bonchev–Trinajstić information content (AvgIpc) is 2.43. The van der Waals surface area contributed by atoms with E-state index in [0.29, 0.717) is 6.42 Å². The quantitative estimate of drug-likeness (QED) is 0.814. The summed E-state index contributed by atoms with van der Waals surface area (Å²) >= 11 is 0. The third-order valence-corrected chi connectivity index (χ3v) is 4.76. The van der Waals surface area contributed by atoms with Crippen LogP contribution in [0.5, 0.6) is 0 Å². The van der Waals surface area contributed by atoms with E-state index in [4.69, 9.17) is 0 Å². The Morgan fingerprint density at radius 3 is 2.30 bits per heavy atom. The lowest BCUT2D eigenvalue weighted by Crippen LogP contribution is -2.42. The molecule has 0 aliphatic heterocycles. The van der Waals surface area contributed by atoms with Gasteiger partial charge < -0.3 is 4.74 Å². The van der Waals surface area contributed by atoms with Crippen molar-refractivity contribution in [2.24, 2.45) is 5.92 Å². The van der Waals surface area contributed by atoms with Gasteiger partial charge in [0.25, 0.3) is 0 Å². The zero-order valence-corrected chi connectivity index (χ0v) is 13.0. The second-order valence-electron chi connectivity index (χ2n) is 4.76. The first kappa shape index (κ1) is 16.7. The van der Waals surface area contributed by atoms with Gasteiger partial charge in [-0.15, -0.1) is 0 Å². The molecule has 0 aromatic heterocycles. The summed E-state index contributed by atoms with van der Waals surface area (Å²) in [4.78, 5) is 11.7. The van der Waals surface area contributed by atoms with Crippen molar-refractivity contribution in [3.63, 3.8) is 0 Å². The fraction of sp³-hybridized carbons (Fsp3) is 0.500. The van der Waals surface area contributed by atoms with Crippen molar-refractivity contribution in [3.8, 4) is 0 Å². The van der Waals surface area contributed by atoms with Crippen LogP contribution >= 0.6 is 0 Å². The molecule has 5 nitrogen and oxygen atoms in total. The van der Waals surface area contributed by atoms with E-state index in [1.54, 1.807) is 31.2 Å². The molecule has 6 heteroatoms. The van der Waals surface area contributed by atoms with Gasteiger partial charge in [0, 0.05) is 6.04 Å². The molecule has 20 heavy (non-hydrogen) atoms. The highest BCUT2D eigenvalue weighted by Gasteiger charge is 2.28. The molecule has 0 heterocycles. The number of carbonyl (C=O) groups excluding carboxylic acids is 1. The minimum Gasteiger partial charge on any atom is -0.469 e. The number of hydrogen-bond acceptors (Lipinski definition) is 4. The molecule has 0 bridgehead atoms. The molecular formula is C14H21NO4S. The standard InChI is InChI=1S/C14H21NO4S/c1-5-13(11(3)14(16)19-4)15-20(17,18)12-8-6-10(2)7-9-12/h6-9,11,13,15H,5H2,1-4H3/t11-,13+/m1/s1. The molecule has 0 fully saturated rings. The molecule has 1 N–H and O–H groups in total. The number of esters is 1. The summed E-state index contributed by atoms with van der Waals surface area (Å²) in [5.74, 6) is -0.964. The maximum absolute atomic E-state index is 12.3. The van der Waals surface area contributed by atoms with E-state index >= 15 is 0 Å². The summed E-state index contributed by atoms with van der Waals surface area (Å²) in [7, 11) is -2.34. The van der Waals surface area contributed by atoms with Crippen LogP contribution in [0.2, 0.25) is 0 Å². The first-order valence-corrected chi connectivity index (χ1v) is 7.97. The Kier molecular flexibility index (Phi) is 5.71. The summed E-state index contributed by atoms with van der Waals surface area (Å²) in [5.41, 5.74) is 0.985. The van der Waals surface area contributed by atoms with E-state index in [1.165, 1.54) is 7.11 Å². The van der Waals surface area contributed by atoms with Crippen molar-refractivity contribution >= 4 is 16.0 Å². The summed E-state index contributed by atoms with van der Waals surface area (Å²) in [6.45, 7) is 5.36. The van der Waals surface area contributed by atoms with Gasteiger partial charge in [0.2, 0.25) is 10.0 Å². The first-order chi connectivity index (χ1) is 9.31. The van der Waals surface area contributed by atoms with Crippen LogP contribution in [0.1, 0.15) is 25.8 Å². The second kappa shape index (κ2) is 6.85. The topological polar surface area (TPSA) is 72.5 Å². The van der Waals surface area contributed by atoms with Gasteiger partial charge in [-0.3, -0.25) is 4.79 Å². The molecule has 1 aromatic rings. The van der Waals surface area contributed by atoms with E-state index in [9.17, 15) is 13.2 Å². The van der Waals surface area contributed by atoms with Crippen LogP contribution in [0.25, 0.3) is 0 Å². The number of ether oxygens (including phenoxy) is 1. The number of rotatable bonds is 6. The van der Waals surface area contributed by atoms with E-state index in [-0.39, 0.29) is 4.90 Å². The number of nitrogens with one attached hydrogen (secondary N) is 1. The second-order valence-corrected chi connectivity index (χ2v) is 6.47. The smallest absolute Gasteiger partial charge is 0.309 e. The van der Waals surface area contributed by atoms with Crippen LogP contribution in [-0.4, -0.2) is 27.5 Å². The first-order valence-electron chi connectivity index (χ1n) is 6.48. The highest BCUT2D eigenvalue weighted by Crippen LogP contribution is 2.15. The Bertz CT molecular complexity index is 551. The van der Waals surface area contributed by atoms with Crippen molar-refractivity contribution in [2.75, 3.05) is 7.11 Å². The molecule has 0 aliphatic rings. The van der Waals surface area contributed by atoms with Gasteiger partial charge in [-0.2, -0.15) is 0 Å². The van der Waals surface area contributed by atoms with Gasteiger partial charge in [0.1, 0.15) is 0 Å². The largest absolute Gasteiger partial charge is 0.469 e. The van der Waals surface area contributed by atoms with Crippen LogP contribution < -0.4 is 4.72 Å². The third kappa shape index (κ3) is 4.05. The van der Waals surface area contributed by atoms with Crippen molar-refractivity contribution in [3.05, 3.63) is 29.8 Å². The summed E-state index contributed by atoms with van der Waals surface area (Å²) < 4.78 is 31.8. The number of carbonyl (C=O) groups is 1. The fourth-order valence-corrected chi connectivity index (χ4v) is 3.27. The fourth-order valence-electron chi connectivity index (χ4n) is 1.87. The highest BCUT2D eigenvalue weighted by molar-refractivity contribution is 7.89. The van der Waals surface area contributed by atoms with Gasteiger partial charge in [-0.05, 0) is 25.5 Å². The molecule has 0 radical (unpaired) electrons. The van der Waals surface area contributed by atoms with E-state index in [2.05, 4.69) is 9.46 Å². The van der Waals surface area contributed by atoms with Gasteiger partial charge >= 0.3 is 5.97 Å². The Morgan fingerprint density at radius 2 is 1.85 bits per heavy atom. The van der Waals surface area contributed by atoms with Gasteiger partial charge in [-0.25, -0.2) is 13.1 Å². The molecule has 0 unspecified atom stereocenters. The normalized spacial score (nSPS) is 14.6. The molecule has 0 aliphatic carbocycles. The van der Waals surface area contributed by atoms with Crippen molar-refractivity contribution in [1.82, 2.24) is 4.72 Å². The molecule has 1 aromatic carbocycles. The number of methoxy groups -OCH3 is 1. The van der Waals surface area contributed by atoms with Crippen LogP contribution in [0, 0.1) is 12.8 Å². The van der Waals surface area contributed by atoms with Crippen molar-refractivity contribution < 1.29 is 17.9 Å². The van der Waals surface area contributed by atoms with Gasteiger partial charge in [0.15, 0.2) is 0 Å². The van der Waals surface area contributed by atoms with Crippen LogP contribution in [0.3, 0.4) is 0 Å². The predicted octanol–water partition coefficient (Wildman–Crippen LogP) is 1.86. The predicted molar refractivity (Wildman–Crippen MR) is 76.8 cm³/mol. The van der Waals surface area contributed by atoms with Gasteiger partial charge in [-0.1, -0.05) is 31.5 Å². The maximum atomic E-state index is 12.3. The monoisotopic (exact) mass is 299 g/mol. The van der Waals surface area contributed by atoms with E-state index in [1.807, 2.05) is 13.8 Å². The van der Waals surface area contributed by atoms with Crippen molar-refractivity contribution in [1.29, 1.82) is 0 Å². The lowest BCUT2D eigenvalue weighted by Gasteiger charge is -2.22.